The highest BCUT2D eigenvalue weighted by molar-refractivity contribution is 14.1. The third-order valence-corrected chi connectivity index (χ3v) is 3.19. The highest BCUT2D eigenvalue weighted by Gasteiger charge is 2.10. The summed E-state index contributed by atoms with van der Waals surface area (Å²) in [5.41, 5.74) is 0. The van der Waals surface area contributed by atoms with Gasteiger partial charge in [-0.25, -0.2) is 0 Å². The Kier molecular flexibility index (Phi) is 3.66. The number of carbonyl (C=O) groups excluding carboxylic acids is 1. The van der Waals surface area contributed by atoms with Crippen molar-refractivity contribution >= 4 is 28.4 Å². The summed E-state index contributed by atoms with van der Waals surface area (Å²) in [6.07, 6.45) is 6.39. The van der Waals surface area contributed by atoms with Crippen LogP contribution in [0.2, 0.25) is 0 Å². The highest BCUT2D eigenvalue weighted by Crippen LogP contribution is 2.20. The summed E-state index contributed by atoms with van der Waals surface area (Å²) < 4.78 is 0.825. The number of hydrogen-bond acceptors (Lipinski definition) is 1. The quantitative estimate of drug-likeness (QED) is 0.478. The van der Waals surface area contributed by atoms with Crippen molar-refractivity contribution in [2.24, 2.45) is 0 Å². The zero-order valence-electron chi connectivity index (χ0n) is 6.11. The molecule has 0 heterocycles. The van der Waals surface area contributed by atoms with Crippen molar-refractivity contribution in [3.05, 3.63) is 0 Å². The van der Waals surface area contributed by atoms with E-state index in [0.717, 1.165) is 29.6 Å². The lowest BCUT2D eigenvalue weighted by Crippen LogP contribution is -2.07. The van der Waals surface area contributed by atoms with Crippen LogP contribution < -0.4 is 0 Å². The van der Waals surface area contributed by atoms with E-state index in [2.05, 4.69) is 22.6 Å². The minimum atomic E-state index is 0.475. The molecule has 1 nitrogen and oxygen atoms in total. The van der Waals surface area contributed by atoms with Crippen LogP contribution in [-0.4, -0.2) is 9.71 Å². The molecule has 0 bridgehead atoms. The lowest BCUT2D eigenvalue weighted by molar-refractivity contribution is -0.119. The standard InChI is InChI=1S/C8H13IO/c9-7-3-1-5-8(10)6-2-4-7/h7H,1-6H2. The topological polar surface area (TPSA) is 17.1 Å². The Hall–Kier alpha value is 0.400. The van der Waals surface area contributed by atoms with Crippen LogP contribution in [0, 0.1) is 0 Å². The van der Waals surface area contributed by atoms with E-state index in [-0.39, 0.29) is 0 Å². The summed E-state index contributed by atoms with van der Waals surface area (Å²) in [4.78, 5) is 10.9. The van der Waals surface area contributed by atoms with Crippen molar-refractivity contribution < 1.29 is 4.79 Å². The Labute approximate surface area is 75.7 Å². The average Bonchev–Trinajstić information content (AvgIpc) is 1.84. The van der Waals surface area contributed by atoms with E-state index in [4.69, 9.17) is 0 Å². The second-order valence-electron chi connectivity index (χ2n) is 2.92. The first-order valence-electron chi connectivity index (χ1n) is 3.95. The first-order chi connectivity index (χ1) is 4.79. The summed E-state index contributed by atoms with van der Waals surface area (Å²) in [6.45, 7) is 0. The van der Waals surface area contributed by atoms with Gasteiger partial charge in [-0.15, -0.1) is 0 Å². The maximum Gasteiger partial charge on any atom is 0.132 e. The number of hydrogen-bond donors (Lipinski definition) is 0. The molecule has 1 saturated carbocycles. The van der Waals surface area contributed by atoms with Crippen LogP contribution >= 0.6 is 22.6 Å². The van der Waals surface area contributed by atoms with Gasteiger partial charge >= 0.3 is 0 Å². The van der Waals surface area contributed by atoms with Crippen molar-refractivity contribution in [1.29, 1.82) is 0 Å². The molecule has 10 heavy (non-hydrogen) atoms. The summed E-state index contributed by atoms with van der Waals surface area (Å²) in [6, 6.07) is 0. The molecule has 0 aromatic carbocycles. The van der Waals surface area contributed by atoms with Crippen LogP contribution in [0.5, 0.6) is 0 Å². The second-order valence-corrected chi connectivity index (χ2v) is 4.68. The number of rotatable bonds is 0. The first-order valence-corrected chi connectivity index (χ1v) is 5.19. The number of carbonyl (C=O) groups is 1. The molecule has 0 spiro atoms. The third-order valence-electron chi connectivity index (χ3n) is 1.95. The van der Waals surface area contributed by atoms with Crippen molar-refractivity contribution in [3.8, 4) is 0 Å². The smallest absolute Gasteiger partial charge is 0.132 e. The Balaban J connectivity index is 2.27. The molecule has 2 heteroatoms. The molecule has 0 atom stereocenters. The first kappa shape index (κ1) is 8.50. The van der Waals surface area contributed by atoms with Crippen LogP contribution in [0.1, 0.15) is 38.5 Å². The van der Waals surface area contributed by atoms with E-state index >= 15 is 0 Å². The molecule has 0 aliphatic heterocycles. The number of Topliss-reactive ketones (excluding diaryl/α,β-unsaturated/α-hetero) is 1. The van der Waals surface area contributed by atoms with Gasteiger partial charge in [0.15, 0.2) is 0 Å². The van der Waals surface area contributed by atoms with Crippen molar-refractivity contribution in [2.75, 3.05) is 0 Å². The molecule has 1 rings (SSSR count). The van der Waals surface area contributed by atoms with Gasteiger partial charge in [0.1, 0.15) is 5.78 Å². The van der Waals surface area contributed by atoms with Crippen LogP contribution in [-0.2, 0) is 4.79 Å². The molecule has 1 aliphatic rings. The van der Waals surface area contributed by atoms with Gasteiger partial charge in [0.25, 0.3) is 0 Å². The van der Waals surface area contributed by atoms with E-state index < -0.39 is 0 Å². The molecule has 0 aromatic rings. The molecule has 1 fully saturated rings. The van der Waals surface area contributed by atoms with E-state index in [1.54, 1.807) is 0 Å². The molecule has 0 unspecified atom stereocenters. The van der Waals surface area contributed by atoms with E-state index in [0.29, 0.717) is 5.78 Å². The molecule has 0 amide bonds. The Bertz CT molecular complexity index is 110. The maximum atomic E-state index is 10.9. The van der Waals surface area contributed by atoms with Gasteiger partial charge in [-0.3, -0.25) is 4.79 Å². The monoisotopic (exact) mass is 252 g/mol. The summed E-state index contributed by atoms with van der Waals surface area (Å²) >= 11 is 2.49. The second kappa shape index (κ2) is 4.31. The fourth-order valence-electron chi connectivity index (χ4n) is 1.31. The van der Waals surface area contributed by atoms with Gasteiger partial charge in [0.05, 0.1) is 0 Å². The number of alkyl halides is 1. The fraction of sp³-hybridized carbons (Fsp3) is 0.875. The van der Waals surface area contributed by atoms with Gasteiger partial charge < -0.3 is 0 Å². The van der Waals surface area contributed by atoms with Crippen LogP contribution in [0.15, 0.2) is 0 Å². The molecular formula is C8H13IO. The lowest BCUT2D eigenvalue weighted by Gasteiger charge is -2.12. The van der Waals surface area contributed by atoms with E-state index in [9.17, 15) is 4.79 Å². The predicted molar refractivity (Wildman–Crippen MR) is 50.5 cm³/mol. The van der Waals surface area contributed by atoms with Crippen molar-refractivity contribution in [2.45, 2.75) is 42.4 Å². The number of ketones is 1. The summed E-state index contributed by atoms with van der Waals surface area (Å²) in [7, 11) is 0. The van der Waals surface area contributed by atoms with Gasteiger partial charge in [-0.1, -0.05) is 22.6 Å². The zero-order chi connectivity index (χ0) is 7.40. The SMILES string of the molecule is O=C1CCCC(I)CCC1. The molecule has 0 N–H and O–H groups in total. The van der Waals surface area contributed by atoms with Gasteiger partial charge in [0.2, 0.25) is 0 Å². The fourth-order valence-corrected chi connectivity index (χ4v) is 2.19. The summed E-state index contributed by atoms with van der Waals surface area (Å²) in [5, 5.41) is 0. The maximum absolute atomic E-state index is 10.9. The Morgan fingerprint density at radius 2 is 1.70 bits per heavy atom. The summed E-state index contributed by atoms with van der Waals surface area (Å²) in [5.74, 6) is 0.475. The number of halogens is 1. The minimum Gasteiger partial charge on any atom is -0.300 e. The average molecular weight is 252 g/mol. The molecule has 0 radical (unpaired) electrons. The molecule has 0 aromatic heterocycles. The Morgan fingerprint density at radius 1 is 1.20 bits per heavy atom. The largest absolute Gasteiger partial charge is 0.300 e. The van der Waals surface area contributed by atoms with Crippen molar-refractivity contribution in [1.82, 2.24) is 0 Å². The predicted octanol–water partition coefficient (Wildman–Crippen LogP) is 2.71. The van der Waals surface area contributed by atoms with Crippen molar-refractivity contribution in [3.63, 3.8) is 0 Å². The van der Waals surface area contributed by atoms with Crippen LogP contribution in [0.25, 0.3) is 0 Å². The lowest BCUT2D eigenvalue weighted by atomic mass is 10.0. The molecule has 0 saturated heterocycles. The molecule has 58 valence electrons. The minimum absolute atomic E-state index is 0.475. The zero-order valence-corrected chi connectivity index (χ0v) is 8.26. The van der Waals surface area contributed by atoms with Crippen LogP contribution in [0.4, 0.5) is 0 Å². The Morgan fingerprint density at radius 3 is 2.20 bits per heavy atom. The normalized spacial score (nSPS) is 23.9. The molecular weight excluding hydrogens is 239 g/mol. The van der Waals surface area contributed by atoms with E-state index in [1.165, 1.54) is 12.8 Å². The van der Waals surface area contributed by atoms with Gasteiger partial charge in [-0.2, -0.15) is 0 Å². The van der Waals surface area contributed by atoms with Crippen LogP contribution in [0.3, 0.4) is 0 Å². The van der Waals surface area contributed by atoms with Gasteiger partial charge in [-0.05, 0) is 25.7 Å². The van der Waals surface area contributed by atoms with Gasteiger partial charge in [0, 0.05) is 16.8 Å². The molecule has 1 aliphatic carbocycles. The third kappa shape index (κ3) is 2.99. The highest BCUT2D eigenvalue weighted by atomic mass is 127. The van der Waals surface area contributed by atoms with E-state index in [1.807, 2.05) is 0 Å².